The third-order valence-electron chi connectivity index (χ3n) is 7.68. The van der Waals surface area contributed by atoms with Crippen molar-refractivity contribution in [2.24, 2.45) is 17.8 Å². The predicted molar refractivity (Wildman–Crippen MR) is 142 cm³/mol. The van der Waals surface area contributed by atoms with E-state index in [0.29, 0.717) is 29.3 Å². The Morgan fingerprint density at radius 2 is 1.34 bits per heavy atom. The molecule has 0 unspecified atom stereocenters. The second-order valence-electron chi connectivity index (χ2n) is 10.4. The van der Waals surface area contributed by atoms with Crippen LogP contribution in [0.25, 0.3) is 32.7 Å². The molecule has 4 nitrogen and oxygen atoms in total. The lowest BCUT2D eigenvalue weighted by atomic mass is 9.75. The molecule has 0 saturated heterocycles. The number of phosphoric acid groups is 1. The van der Waals surface area contributed by atoms with Gasteiger partial charge in [0.1, 0.15) is 11.5 Å². The molecule has 2 aliphatic rings. The molecule has 0 bridgehead atoms. The molecule has 0 amide bonds. The fraction of sp³-hybridized carbons (Fsp3) is 0.333. The van der Waals surface area contributed by atoms with Gasteiger partial charge in [0.15, 0.2) is 0 Å². The zero-order valence-corrected chi connectivity index (χ0v) is 21.3. The lowest BCUT2D eigenvalue weighted by molar-refractivity contribution is 0.0272. The summed E-state index contributed by atoms with van der Waals surface area (Å²) in [7, 11) is -3.95. The predicted octanol–water partition coefficient (Wildman–Crippen LogP) is 9.02. The molecule has 1 fully saturated rings. The summed E-state index contributed by atoms with van der Waals surface area (Å²) in [5.41, 5.74) is 1.79. The van der Waals surface area contributed by atoms with E-state index in [1.165, 1.54) is 6.42 Å². The number of phosphoric ester groups is 1. The average molecular weight is 487 g/mol. The molecular weight excluding hydrogens is 455 g/mol. The molecule has 1 heterocycles. The van der Waals surface area contributed by atoms with Gasteiger partial charge in [0, 0.05) is 11.1 Å². The fourth-order valence-corrected chi connectivity index (χ4v) is 7.36. The molecule has 5 heteroatoms. The van der Waals surface area contributed by atoms with Crippen molar-refractivity contribution in [1.29, 1.82) is 0 Å². The minimum absolute atomic E-state index is 0.171. The molecule has 1 aliphatic heterocycles. The van der Waals surface area contributed by atoms with Crippen molar-refractivity contribution in [1.82, 2.24) is 0 Å². The van der Waals surface area contributed by atoms with Crippen molar-refractivity contribution in [3.05, 3.63) is 72.8 Å². The zero-order valence-electron chi connectivity index (χ0n) is 20.4. The van der Waals surface area contributed by atoms with Crippen molar-refractivity contribution >= 4 is 29.4 Å². The van der Waals surface area contributed by atoms with Gasteiger partial charge in [0.2, 0.25) is 0 Å². The lowest BCUT2D eigenvalue weighted by Gasteiger charge is -2.37. The van der Waals surface area contributed by atoms with Crippen molar-refractivity contribution in [3.8, 4) is 22.6 Å². The third-order valence-corrected chi connectivity index (χ3v) is 9.05. The molecule has 35 heavy (non-hydrogen) atoms. The molecular formula is C30H31O4P. The maximum atomic E-state index is 14.3. The molecule has 0 N–H and O–H groups in total. The first kappa shape index (κ1) is 22.6. The van der Waals surface area contributed by atoms with Crippen LogP contribution in [0.2, 0.25) is 0 Å². The number of benzene rings is 4. The average Bonchev–Trinajstić information content (AvgIpc) is 2.97. The second-order valence-corrected chi connectivity index (χ2v) is 11.9. The van der Waals surface area contributed by atoms with Crippen LogP contribution in [0, 0.1) is 17.8 Å². The minimum atomic E-state index is -3.95. The largest absolute Gasteiger partial charge is 0.587 e. The molecule has 3 atom stereocenters. The van der Waals surface area contributed by atoms with Gasteiger partial charge in [0.25, 0.3) is 0 Å². The van der Waals surface area contributed by atoms with E-state index in [2.05, 4.69) is 45.0 Å². The molecule has 4 aromatic carbocycles. The molecule has 180 valence electrons. The number of rotatable bonds is 3. The standard InChI is InChI=1S/C30H31O4P/c1-19(2)23-15-12-20(3)18-28(23)34-35(31)32-26-16-13-21-8-4-6-10-24(21)29(26)30-25-11-7-5-9-22(25)14-17-27(30)33-35/h4-11,13-14,16-17,19-20,23,28H,12,15,18H2,1-3H3/t20-,23-,28+/m0/s1. The summed E-state index contributed by atoms with van der Waals surface area (Å²) < 4.78 is 33.2. The summed E-state index contributed by atoms with van der Waals surface area (Å²) in [6, 6.07) is 24.2. The molecule has 0 spiro atoms. The second kappa shape index (κ2) is 8.69. The van der Waals surface area contributed by atoms with Crippen LogP contribution in [0.4, 0.5) is 0 Å². The molecule has 6 rings (SSSR count). The Hall–Kier alpha value is -2.81. The lowest BCUT2D eigenvalue weighted by Crippen LogP contribution is -2.34. The highest BCUT2D eigenvalue weighted by molar-refractivity contribution is 7.49. The Balaban J connectivity index is 1.54. The Kier molecular flexibility index (Phi) is 5.62. The maximum absolute atomic E-state index is 14.3. The van der Waals surface area contributed by atoms with E-state index in [1.807, 2.05) is 48.5 Å². The number of hydrogen-bond donors (Lipinski definition) is 0. The summed E-state index contributed by atoms with van der Waals surface area (Å²) >= 11 is 0. The van der Waals surface area contributed by atoms with Crippen molar-refractivity contribution in [3.63, 3.8) is 0 Å². The van der Waals surface area contributed by atoms with Crippen LogP contribution in [-0.4, -0.2) is 6.10 Å². The van der Waals surface area contributed by atoms with Crippen molar-refractivity contribution < 1.29 is 18.1 Å². The topological polar surface area (TPSA) is 44.8 Å². The summed E-state index contributed by atoms with van der Waals surface area (Å²) in [5.74, 6) is 2.33. The normalized spacial score (nSPS) is 23.3. The van der Waals surface area contributed by atoms with Crippen molar-refractivity contribution in [2.45, 2.75) is 46.1 Å². The fourth-order valence-electron chi connectivity index (χ4n) is 5.88. The van der Waals surface area contributed by atoms with E-state index in [1.54, 1.807) is 0 Å². The van der Waals surface area contributed by atoms with Crippen LogP contribution in [0.15, 0.2) is 72.8 Å². The monoisotopic (exact) mass is 486 g/mol. The van der Waals surface area contributed by atoms with Gasteiger partial charge in [-0.3, -0.25) is 4.52 Å². The number of hydrogen-bond acceptors (Lipinski definition) is 4. The van der Waals surface area contributed by atoms with Gasteiger partial charge in [-0.2, -0.15) is 0 Å². The van der Waals surface area contributed by atoms with Crippen LogP contribution in [0.5, 0.6) is 11.5 Å². The maximum Gasteiger partial charge on any atom is 0.587 e. The van der Waals surface area contributed by atoms with Crippen LogP contribution < -0.4 is 9.05 Å². The van der Waals surface area contributed by atoms with Gasteiger partial charge in [0.05, 0.1) is 6.10 Å². The van der Waals surface area contributed by atoms with Gasteiger partial charge in [-0.05, 0) is 64.3 Å². The first-order valence-corrected chi connectivity index (χ1v) is 14.1. The molecule has 1 aliphatic carbocycles. The summed E-state index contributed by atoms with van der Waals surface area (Å²) in [6.45, 7) is 6.66. The Morgan fingerprint density at radius 1 is 0.800 bits per heavy atom. The third kappa shape index (κ3) is 4.03. The minimum Gasteiger partial charge on any atom is -0.394 e. The Bertz CT molecular complexity index is 1370. The van der Waals surface area contributed by atoms with Gasteiger partial charge in [-0.25, -0.2) is 4.57 Å². The van der Waals surface area contributed by atoms with E-state index in [9.17, 15) is 4.57 Å². The number of fused-ring (bicyclic) bond motifs is 7. The highest BCUT2D eigenvalue weighted by atomic mass is 31.2. The van der Waals surface area contributed by atoms with Crippen LogP contribution in [0.3, 0.4) is 0 Å². The molecule has 4 aromatic rings. The molecule has 0 aromatic heterocycles. The van der Waals surface area contributed by atoms with Crippen LogP contribution >= 0.6 is 7.82 Å². The van der Waals surface area contributed by atoms with E-state index in [0.717, 1.165) is 45.5 Å². The first-order valence-electron chi connectivity index (χ1n) is 12.6. The Morgan fingerprint density at radius 3 is 1.89 bits per heavy atom. The SMILES string of the molecule is CC(C)[C@@H]1CC[C@H](C)C[C@H]1OP1(=O)Oc2ccc3ccccc3c2-c2c(ccc3ccccc23)O1. The zero-order chi connectivity index (χ0) is 24.2. The Labute approximate surface area is 206 Å². The molecule has 1 saturated carbocycles. The highest BCUT2D eigenvalue weighted by Gasteiger charge is 2.43. The van der Waals surface area contributed by atoms with E-state index >= 15 is 0 Å². The van der Waals surface area contributed by atoms with E-state index in [-0.39, 0.29) is 6.10 Å². The van der Waals surface area contributed by atoms with E-state index in [4.69, 9.17) is 13.6 Å². The van der Waals surface area contributed by atoms with Crippen molar-refractivity contribution in [2.75, 3.05) is 0 Å². The summed E-state index contributed by atoms with van der Waals surface area (Å²) in [5, 5.41) is 4.25. The van der Waals surface area contributed by atoms with Gasteiger partial charge >= 0.3 is 7.82 Å². The first-order chi connectivity index (χ1) is 16.9. The van der Waals surface area contributed by atoms with Crippen LogP contribution in [-0.2, 0) is 9.09 Å². The van der Waals surface area contributed by atoms with E-state index < -0.39 is 7.82 Å². The molecule has 0 radical (unpaired) electrons. The summed E-state index contributed by atoms with van der Waals surface area (Å²) in [6.07, 6.45) is 2.91. The quantitative estimate of drug-likeness (QED) is 0.271. The van der Waals surface area contributed by atoms with Gasteiger partial charge in [-0.15, -0.1) is 0 Å². The smallest absolute Gasteiger partial charge is 0.394 e. The van der Waals surface area contributed by atoms with Gasteiger partial charge in [-0.1, -0.05) is 87.9 Å². The van der Waals surface area contributed by atoms with Crippen LogP contribution in [0.1, 0.15) is 40.0 Å². The van der Waals surface area contributed by atoms with Gasteiger partial charge < -0.3 is 9.05 Å². The highest BCUT2D eigenvalue weighted by Crippen LogP contribution is 2.60. The summed E-state index contributed by atoms with van der Waals surface area (Å²) in [4.78, 5) is 0.